The summed E-state index contributed by atoms with van der Waals surface area (Å²) in [6.45, 7) is 8.41. The van der Waals surface area contributed by atoms with Crippen molar-refractivity contribution in [2.45, 2.75) is 32.5 Å². The van der Waals surface area contributed by atoms with Gasteiger partial charge in [0.25, 0.3) is 0 Å². The topological polar surface area (TPSA) is 24.5 Å². The van der Waals surface area contributed by atoms with Gasteiger partial charge in [0.15, 0.2) is 0 Å². The first-order valence-corrected chi connectivity index (χ1v) is 7.81. The van der Waals surface area contributed by atoms with E-state index in [0.717, 1.165) is 48.5 Å². The Kier molecular flexibility index (Phi) is 6.12. The van der Waals surface area contributed by atoms with Gasteiger partial charge in [0.1, 0.15) is 0 Å². The maximum absolute atomic E-state index is 6.27. The second-order valence-corrected chi connectivity index (χ2v) is 6.28. The molecule has 1 aliphatic heterocycles. The minimum absolute atomic E-state index is 0.360. The normalized spacial score (nSPS) is 20.6. The summed E-state index contributed by atoms with van der Waals surface area (Å²) in [7, 11) is 0. The minimum Gasteiger partial charge on any atom is -0.378 e. The van der Waals surface area contributed by atoms with Crippen LogP contribution in [0.1, 0.15) is 19.4 Å². The summed E-state index contributed by atoms with van der Waals surface area (Å²) in [5, 5.41) is 4.94. The van der Waals surface area contributed by atoms with Gasteiger partial charge in [0, 0.05) is 47.3 Å². The lowest BCUT2D eigenvalue weighted by Crippen LogP contribution is -2.50. The number of benzene rings is 1. The molecule has 0 bridgehead atoms. The fourth-order valence-corrected chi connectivity index (χ4v) is 2.86. The van der Waals surface area contributed by atoms with E-state index < -0.39 is 0 Å². The van der Waals surface area contributed by atoms with Gasteiger partial charge in [-0.15, -0.1) is 0 Å². The van der Waals surface area contributed by atoms with Crippen LogP contribution in [0.25, 0.3) is 0 Å². The van der Waals surface area contributed by atoms with Gasteiger partial charge in [-0.2, -0.15) is 0 Å². The van der Waals surface area contributed by atoms with Crippen LogP contribution in [0.3, 0.4) is 0 Å². The number of morpholine rings is 1. The number of halogens is 2. The van der Waals surface area contributed by atoms with E-state index >= 15 is 0 Å². The highest BCUT2D eigenvalue weighted by molar-refractivity contribution is 6.35. The molecule has 1 saturated heterocycles. The Labute approximate surface area is 131 Å². The Morgan fingerprint density at radius 2 is 2.05 bits per heavy atom. The molecule has 0 aliphatic carbocycles. The molecule has 1 aromatic rings. The molecule has 1 unspecified atom stereocenters. The highest BCUT2D eigenvalue weighted by Crippen LogP contribution is 2.26. The molecular weight excluding hydrogens is 295 g/mol. The van der Waals surface area contributed by atoms with Crippen molar-refractivity contribution in [2.75, 3.05) is 26.3 Å². The smallest absolute Gasteiger partial charge is 0.0635 e. The Balaban J connectivity index is 2.04. The van der Waals surface area contributed by atoms with E-state index in [2.05, 4.69) is 24.1 Å². The van der Waals surface area contributed by atoms with Crippen molar-refractivity contribution in [1.29, 1.82) is 0 Å². The molecular formula is C15H22Cl2N2O. The van der Waals surface area contributed by atoms with Crippen LogP contribution in [0.15, 0.2) is 18.2 Å². The lowest BCUT2D eigenvalue weighted by Gasteiger charge is -2.36. The van der Waals surface area contributed by atoms with Crippen LogP contribution in [-0.4, -0.2) is 43.3 Å². The van der Waals surface area contributed by atoms with Gasteiger partial charge in [-0.3, -0.25) is 4.90 Å². The van der Waals surface area contributed by atoms with Crippen LogP contribution in [0.4, 0.5) is 0 Å². The van der Waals surface area contributed by atoms with Gasteiger partial charge >= 0.3 is 0 Å². The van der Waals surface area contributed by atoms with E-state index in [1.54, 1.807) is 0 Å². The summed E-state index contributed by atoms with van der Waals surface area (Å²) in [6, 6.07) is 6.50. The lowest BCUT2D eigenvalue weighted by atomic mass is 10.1. The Morgan fingerprint density at radius 3 is 2.70 bits per heavy atom. The first-order valence-electron chi connectivity index (χ1n) is 7.06. The monoisotopic (exact) mass is 316 g/mol. The fourth-order valence-electron chi connectivity index (χ4n) is 2.34. The zero-order chi connectivity index (χ0) is 14.5. The number of ether oxygens (including phenoxy) is 1. The summed E-state index contributed by atoms with van der Waals surface area (Å²) < 4.78 is 5.60. The third-order valence-corrected chi connectivity index (χ3v) is 4.24. The van der Waals surface area contributed by atoms with Gasteiger partial charge in [-0.25, -0.2) is 0 Å². The molecule has 20 heavy (non-hydrogen) atoms. The molecule has 0 spiro atoms. The SMILES string of the molecule is CC(C)NCC1COCCN1Cc1c(Cl)cccc1Cl. The molecule has 0 saturated carbocycles. The molecule has 1 fully saturated rings. The maximum atomic E-state index is 6.27. The van der Waals surface area contributed by atoms with Gasteiger partial charge in [-0.05, 0) is 12.1 Å². The molecule has 1 heterocycles. The summed E-state index contributed by atoms with van der Waals surface area (Å²) in [4.78, 5) is 2.39. The van der Waals surface area contributed by atoms with E-state index in [0.29, 0.717) is 12.1 Å². The fraction of sp³-hybridized carbons (Fsp3) is 0.600. The number of nitrogens with zero attached hydrogens (tertiary/aromatic N) is 1. The maximum Gasteiger partial charge on any atom is 0.0635 e. The van der Waals surface area contributed by atoms with Crippen molar-refractivity contribution in [2.24, 2.45) is 0 Å². The largest absolute Gasteiger partial charge is 0.378 e. The third kappa shape index (κ3) is 4.34. The molecule has 1 N–H and O–H groups in total. The average Bonchev–Trinajstić information content (AvgIpc) is 2.42. The van der Waals surface area contributed by atoms with E-state index in [1.807, 2.05) is 18.2 Å². The Hall–Kier alpha value is -0.320. The van der Waals surface area contributed by atoms with Crippen molar-refractivity contribution >= 4 is 23.2 Å². The van der Waals surface area contributed by atoms with Gasteiger partial charge < -0.3 is 10.1 Å². The number of hydrogen-bond donors (Lipinski definition) is 1. The molecule has 1 atom stereocenters. The molecule has 2 rings (SSSR count). The molecule has 3 nitrogen and oxygen atoms in total. The number of rotatable bonds is 5. The van der Waals surface area contributed by atoms with Crippen molar-refractivity contribution in [3.05, 3.63) is 33.8 Å². The Morgan fingerprint density at radius 1 is 1.35 bits per heavy atom. The first kappa shape index (κ1) is 16.1. The van der Waals surface area contributed by atoms with Crippen molar-refractivity contribution in [3.63, 3.8) is 0 Å². The molecule has 0 amide bonds. The van der Waals surface area contributed by atoms with E-state index in [4.69, 9.17) is 27.9 Å². The molecule has 5 heteroatoms. The third-order valence-electron chi connectivity index (χ3n) is 3.53. The second kappa shape index (κ2) is 7.62. The van der Waals surface area contributed by atoms with Crippen molar-refractivity contribution in [3.8, 4) is 0 Å². The molecule has 1 aliphatic rings. The second-order valence-electron chi connectivity index (χ2n) is 5.46. The predicted octanol–water partition coefficient (Wildman–Crippen LogP) is 3.19. The zero-order valence-corrected chi connectivity index (χ0v) is 13.5. The quantitative estimate of drug-likeness (QED) is 0.903. The van der Waals surface area contributed by atoms with Crippen LogP contribution in [0, 0.1) is 0 Å². The predicted molar refractivity (Wildman–Crippen MR) is 84.6 cm³/mol. The Bertz CT molecular complexity index is 420. The first-order chi connectivity index (χ1) is 9.58. The van der Waals surface area contributed by atoms with E-state index in [9.17, 15) is 0 Å². The lowest BCUT2D eigenvalue weighted by molar-refractivity contribution is -0.0114. The van der Waals surface area contributed by atoms with Crippen LogP contribution in [-0.2, 0) is 11.3 Å². The van der Waals surface area contributed by atoms with E-state index in [1.165, 1.54) is 0 Å². The van der Waals surface area contributed by atoms with E-state index in [-0.39, 0.29) is 0 Å². The highest BCUT2D eigenvalue weighted by Gasteiger charge is 2.24. The minimum atomic E-state index is 0.360. The summed E-state index contributed by atoms with van der Waals surface area (Å²) in [5.41, 5.74) is 1.01. The standard InChI is InChI=1S/C15H22Cl2N2O/c1-11(2)18-8-12-10-20-7-6-19(12)9-13-14(16)4-3-5-15(13)17/h3-5,11-12,18H,6-10H2,1-2H3. The van der Waals surface area contributed by atoms with Crippen molar-refractivity contribution < 1.29 is 4.74 Å². The van der Waals surface area contributed by atoms with Crippen LogP contribution in [0.5, 0.6) is 0 Å². The summed E-state index contributed by atoms with van der Waals surface area (Å²) in [6.07, 6.45) is 0. The molecule has 0 aromatic heterocycles. The number of nitrogens with one attached hydrogen (secondary N) is 1. The van der Waals surface area contributed by atoms with Crippen molar-refractivity contribution in [1.82, 2.24) is 10.2 Å². The summed E-state index contributed by atoms with van der Waals surface area (Å²) in [5.74, 6) is 0. The van der Waals surface area contributed by atoms with Crippen LogP contribution in [0.2, 0.25) is 10.0 Å². The van der Waals surface area contributed by atoms with Gasteiger partial charge in [0.05, 0.1) is 13.2 Å². The highest BCUT2D eigenvalue weighted by atomic mass is 35.5. The van der Waals surface area contributed by atoms with Gasteiger partial charge in [0.2, 0.25) is 0 Å². The zero-order valence-electron chi connectivity index (χ0n) is 12.0. The summed E-state index contributed by atoms with van der Waals surface area (Å²) >= 11 is 12.5. The number of hydrogen-bond acceptors (Lipinski definition) is 3. The molecule has 1 aromatic carbocycles. The molecule has 112 valence electrons. The molecule has 0 radical (unpaired) electrons. The van der Waals surface area contributed by atoms with Gasteiger partial charge in [-0.1, -0.05) is 43.1 Å². The van der Waals surface area contributed by atoms with Crippen LogP contribution >= 0.6 is 23.2 Å². The average molecular weight is 317 g/mol. The van der Waals surface area contributed by atoms with Crippen LogP contribution < -0.4 is 5.32 Å².